The third kappa shape index (κ3) is 10.4. The standard InChI is InChI=1S/C31H53ClFN5O6S/c32-26-16-34-31(35-17-26)36-10-8-22(9-11-36)4-3-12-44-27-7-6-23(28(33)15-27)14-30(40)38-20-24-18-37(19-25(24)21-38)29(39)5-1-2-13-45(41,42)43/h22-28,31,34-35H,1-21H2,(H,41,42,43)/t23?,24-,25+,26?,27?,28?,31?. The number of amides is 2. The van der Waals surface area contributed by atoms with Crippen LogP contribution in [0.3, 0.4) is 0 Å². The van der Waals surface area contributed by atoms with Crippen molar-refractivity contribution in [3.63, 3.8) is 0 Å². The molecule has 0 spiro atoms. The number of nitrogens with one attached hydrogen (secondary N) is 2. The van der Waals surface area contributed by atoms with E-state index in [2.05, 4.69) is 15.5 Å². The number of halogens is 2. The van der Waals surface area contributed by atoms with Gasteiger partial charge in [0, 0.05) is 90.1 Å². The Bertz CT molecular complexity index is 1080. The van der Waals surface area contributed by atoms with Crippen LogP contribution in [-0.2, 0) is 24.4 Å². The van der Waals surface area contributed by atoms with Crippen molar-refractivity contribution in [1.82, 2.24) is 25.3 Å². The summed E-state index contributed by atoms with van der Waals surface area (Å²) in [6.45, 7) is 6.92. The Morgan fingerprint density at radius 2 is 1.56 bits per heavy atom. The van der Waals surface area contributed by atoms with Gasteiger partial charge in [-0.3, -0.25) is 29.7 Å². The maximum Gasteiger partial charge on any atom is 0.264 e. The summed E-state index contributed by atoms with van der Waals surface area (Å²) < 4.78 is 51.8. The topological polar surface area (TPSA) is 132 Å². The minimum absolute atomic E-state index is 0.00585. The van der Waals surface area contributed by atoms with Crippen LogP contribution < -0.4 is 10.6 Å². The van der Waals surface area contributed by atoms with E-state index in [1.807, 2.05) is 9.80 Å². The SMILES string of the molecule is O=C(CCCCS(=O)(=O)O)N1C[C@@H]2CN(C(=O)CC3CCC(OCCCC4CCN(C5NCC(Cl)CN5)CC4)CC3F)C[C@@H]2C1. The van der Waals surface area contributed by atoms with Gasteiger partial charge in [-0.25, -0.2) is 4.39 Å². The highest BCUT2D eigenvalue weighted by atomic mass is 35.5. The number of fused-ring (bicyclic) bond motifs is 1. The zero-order valence-electron chi connectivity index (χ0n) is 26.5. The second-order valence-corrected chi connectivity index (χ2v) is 16.3. The van der Waals surface area contributed by atoms with E-state index in [1.165, 1.54) is 12.8 Å². The van der Waals surface area contributed by atoms with Crippen molar-refractivity contribution in [2.45, 2.75) is 94.6 Å². The fourth-order valence-corrected chi connectivity index (χ4v) is 8.75. The van der Waals surface area contributed by atoms with E-state index in [-0.39, 0.29) is 72.4 Å². The molecule has 1 aliphatic carbocycles. The van der Waals surface area contributed by atoms with Crippen molar-refractivity contribution in [3.8, 4) is 0 Å². The number of ether oxygens (including phenoxy) is 1. The van der Waals surface area contributed by atoms with E-state index in [9.17, 15) is 18.0 Å². The monoisotopic (exact) mass is 677 g/mol. The summed E-state index contributed by atoms with van der Waals surface area (Å²) in [5, 5.41) is 7.11. The molecule has 5 aliphatic rings. The zero-order chi connectivity index (χ0) is 32.0. The molecule has 5 fully saturated rings. The van der Waals surface area contributed by atoms with Crippen LogP contribution in [0.2, 0.25) is 0 Å². The summed E-state index contributed by atoms with van der Waals surface area (Å²) in [5.74, 6) is 0.608. The molecule has 258 valence electrons. The maximum atomic E-state index is 15.2. The van der Waals surface area contributed by atoms with Gasteiger partial charge >= 0.3 is 0 Å². The molecule has 14 heteroatoms. The molecule has 4 saturated heterocycles. The zero-order valence-corrected chi connectivity index (χ0v) is 28.0. The van der Waals surface area contributed by atoms with Crippen LogP contribution in [0.4, 0.5) is 4.39 Å². The molecule has 0 radical (unpaired) electrons. The van der Waals surface area contributed by atoms with Gasteiger partial charge in [0.1, 0.15) is 12.5 Å². The Hall–Kier alpha value is -1.09. The van der Waals surface area contributed by atoms with Crippen LogP contribution in [0.15, 0.2) is 0 Å². The van der Waals surface area contributed by atoms with Crippen LogP contribution in [0, 0.1) is 23.7 Å². The van der Waals surface area contributed by atoms with E-state index >= 15 is 4.39 Å². The number of hydrogen-bond donors (Lipinski definition) is 3. The number of alkyl halides is 2. The number of carbonyl (C=O) groups is 2. The lowest BCUT2D eigenvalue weighted by molar-refractivity contribution is -0.133. The summed E-state index contributed by atoms with van der Waals surface area (Å²) in [4.78, 5) is 31.8. The van der Waals surface area contributed by atoms with Gasteiger partial charge in [0.05, 0.1) is 17.2 Å². The summed E-state index contributed by atoms with van der Waals surface area (Å²) in [5.41, 5.74) is 0. The molecule has 5 atom stereocenters. The number of hydrogen-bond acceptors (Lipinski definition) is 8. The highest BCUT2D eigenvalue weighted by molar-refractivity contribution is 7.85. The lowest BCUT2D eigenvalue weighted by atomic mass is 9.83. The van der Waals surface area contributed by atoms with Crippen LogP contribution in [-0.4, -0.2) is 128 Å². The van der Waals surface area contributed by atoms with Crippen molar-refractivity contribution in [3.05, 3.63) is 0 Å². The van der Waals surface area contributed by atoms with E-state index in [1.54, 1.807) is 0 Å². The average molecular weight is 678 g/mol. The second kappa shape index (κ2) is 16.3. The molecule has 4 aliphatic heterocycles. The quantitative estimate of drug-likeness (QED) is 0.153. The molecule has 4 heterocycles. The minimum atomic E-state index is -4.00. The normalized spacial score (nSPS) is 33.4. The first-order chi connectivity index (χ1) is 21.5. The largest absolute Gasteiger partial charge is 0.378 e. The van der Waals surface area contributed by atoms with E-state index < -0.39 is 16.3 Å². The van der Waals surface area contributed by atoms with E-state index in [0.717, 1.165) is 45.4 Å². The lowest BCUT2D eigenvalue weighted by Gasteiger charge is -2.41. The molecule has 3 N–H and O–H groups in total. The molecule has 11 nitrogen and oxygen atoms in total. The highest BCUT2D eigenvalue weighted by Crippen LogP contribution is 2.35. The summed E-state index contributed by atoms with van der Waals surface area (Å²) in [6, 6.07) is 0. The molecular formula is C31H53ClFN5O6S. The van der Waals surface area contributed by atoms with Gasteiger partial charge in [0.15, 0.2) is 0 Å². The highest BCUT2D eigenvalue weighted by Gasteiger charge is 2.43. The first kappa shape index (κ1) is 35.2. The Morgan fingerprint density at radius 1 is 0.911 bits per heavy atom. The molecular weight excluding hydrogens is 625 g/mol. The van der Waals surface area contributed by atoms with Crippen molar-refractivity contribution in [2.24, 2.45) is 23.7 Å². The van der Waals surface area contributed by atoms with E-state index in [4.69, 9.17) is 20.9 Å². The smallest absolute Gasteiger partial charge is 0.264 e. The van der Waals surface area contributed by atoms with Crippen LogP contribution in [0.25, 0.3) is 0 Å². The van der Waals surface area contributed by atoms with Gasteiger partial charge in [-0.15, -0.1) is 11.6 Å². The van der Waals surface area contributed by atoms with Crippen LogP contribution >= 0.6 is 11.6 Å². The molecule has 3 unspecified atom stereocenters. The van der Waals surface area contributed by atoms with Gasteiger partial charge in [-0.1, -0.05) is 0 Å². The Kier molecular flexibility index (Phi) is 12.8. The van der Waals surface area contributed by atoms with Gasteiger partial charge in [-0.05, 0) is 63.2 Å². The third-order valence-electron chi connectivity index (χ3n) is 10.7. The summed E-state index contributed by atoms with van der Waals surface area (Å²) in [6.07, 6.45) is 6.67. The fraction of sp³-hybridized carbons (Fsp3) is 0.935. The average Bonchev–Trinajstić information content (AvgIpc) is 3.59. The molecule has 5 rings (SSSR count). The molecule has 0 aromatic heterocycles. The number of nitrogens with zero attached hydrogens (tertiary/aromatic N) is 3. The second-order valence-electron chi connectivity index (χ2n) is 14.1. The number of rotatable bonds is 13. The lowest BCUT2D eigenvalue weighted by Crippen LogP contribution is -2.62. The van der Waals surface area contributed by atoms with Gasteiger partial charge in [0.2, 0.25) is 11.8 Å². The minimum Gasteiger partial charge on any atom is -0.378 e. The molecule has 2 amide bonds. The Morgan fingerprint density at radius 3 is 2.18 bits per heavy atom. The predicted octanol–water partition coefficient (Wildman–Crippen LogP) is 2.45. The first-order valence-electron chi connectivity index (χ1n) is 17.2. The third-order valence-corrected chi connectivity index (χ3v) is 11.8. The van der Waals surface area contributed by atoms with Crippen molar-refractivity contribution in [2.75, 3.05) is 64.7 Å². The van der Waals surface area contributed by atoms with Gasteiger partial charge in [-0.2, -0.15) is 8.42 Å². The molecule has 1 saturated carbocycles. The number of unbranched alkanes of at least 4 members (excludes halogenated alkanes) is 1. The maximum absolute atomic E-state index is 15.2. The van der Waals surface area contributed by atoms with Crippen molar-refractivity contribution >= 4 is 33.5 Å². The van der Waals surface area contributed by atoms with Crippen molar-refractivity contribution in [1.29, 1.82) is 0 Å². The van der Waals surface area contributed by atoms with Gasteiger partial charge < -0.3 is 14.5 Å². The van der Waals surface area contributed by atoms with Crippen molar-refractivity contribution < 1.29 is 31.7 Å². The fourth-order valence-electron chi connectivity index (χ4n) is 8.00. The Balaban J connectivity index is 0.912. The molecule has 0 aromatic carbocycles. The summed E-state index contributed by atoms with van der Waals surface area (Å²) >= 11 is 6.16. The number of carbonyl (C=O) groups excluding carboxylic acids is 2. The van der Waals surface area contributed by atoms with Crippen LogP contribution in [0.1, 0.15) is 70.6 Å². The van der Waals surface area contributed by atoms with Gasteiger partial charge in [0.25, 0.3) is 10.1 Å². The number of likely N-dealkylation sites (tertiary alicyclic amines) is 3. The molecule has 0 bridgehead atoms. The van der Waals surface area contributed by atoms with E-state index in [0.29, 0.717) is 58.0 Å². The number of piperidine rings is 1. The Labute approximate surface area is 273 Å². The van der Waals surface area contributed by atoms with Crippen LogP contribution in [0.5, 0.6) is 0 Å². The molecule has 45 heavy (non-hydrogen) atoms. The first-order valence-corrected chi connectivity index (χ1v) is 19.2. The predicted molar refractivity (Wildman–Crippen MR) is 170 cm³/mol. The molecule has 0 aromatic rings. The summed E-state index contributed by atoms with van der Waals surface area (Å²) in [7, 11) is -4.00.